The van der Waals surface area contributed by atoms with E-state index in [0.717, 1.165) is 0 Å². The molecule has 3 N–H and O–H groups in total. The third-order valence-electron chi connectivity index (χ3n) is 1.88. The van der Waals surface area contributed by atoms with Gasteiger partial charge in [-0.05, 0) is 12.8 Å². The predicted molar refractivity (Wildman–Crippen MR) is 59.2 cm³/mol. The number of carbonyl (C=O) groups excluding carboxylic acids is 2. The summed E-state index contributed by atoms with van der Waals surface area (Å²) in [4.78, 5) is 24.5. The van der Waals surface area contributed by atoms with Crippen molar-refractivity contribution in [1.82, 2.24) is 10.2 Å². The molecule has 2 amide bonds. The fourth-order valence-corrected chi connectivity index (χ4v) is 1.20. The third-order valence-corrected chi connectivity index (χ3v) is 1.88. The molecule has 0 fully saturated rings. The maximum Gasteiger partial charge on any atom is 0.311 e. The minimum atomic E-state index is -0.567. The minimum absolute atomic E-state index is 0.337. The predicted octanol–water partition coefficient (Wildman–Crippen LogP) is -0.434. The number of carbonyl (C=O) groups is 2. The van der Waals surface area contributed by atoms with Crippen LogP contribution in [-0.2, 0) is 9.59 Å². The van der Waals surface area contributed by atoms with E-state index in [1.165, 1.54) is 4.90 Å². The first-order valence-corrected chi connectivity index (χ1v) is 5.30. The Morgan fingerprint density at radius 1 is 1.40 bits per heavy atom. The molecular weight excluding hydrogens is 194 g/mol. The van der Waals surface area contributed by atoms with Gasteiger partial charge in [0, 0.05) is 26.2 Å². The number of nitrogens with zero attached hydrogens (tertiary/aromatic N) is 1. The van der Waals surface area contributed by atoms with Gasteiger partial charge in [0.15, 0.2) is 0 Å². The van der Waals surface area contributed by atoms with E-state index in [9.17, 15) is 9.59 Å². The van der Waals surface area contributed by atoms with Crippen molar-refractivity contribution in [2.45, 2.75) is 20.8 Å². The van der Waals surface area contributed by atoms with Gasteiger partial charge in [0.2, 0.25) is 0 Å². The second kappa shape index (κ2) is 7.23. The Labute approximate surface area is 91.0 Å². The van der Waals surface area contributed by atoms with Crippen LogP contribution in [-0.4, -0.2) is 42.9 Å². The highest BCUT2D eigenvalue weighted by atomic mass is 16.2. The fourth-order valence-electron chi connectivity index (χ4n) is 1.20. The minimum Gasteiger partial charge on any atom is -0.347 e. The average molecular weight is 215 g/mol. The summed E-state index contributed by atoms with van der Waals surface area (Å²) in [5.74, 6) is -0.682. The maximum absolute atomic E-state index is 11.6. The fraction of sp³-hybridized carbons (Fsp3) is 0.800. The van der Waals surface area contributed by atoms with Crippen LogP contribution in [0.4, 0.5) is 0 Å². The van der Waals surface area contributed by atoms with Crippen molar-refractivity contribution in [1.29, 1.82) is 0 Å². The lowest BCUT2D eigenvalue weighted by atomic mass is 10.2. The summed E-state index contributed by atoms with van der Waals surface area (Å²) in [6.07, 6.45) is 0. The molecule has 0 spiro atoms. The molecule has 88 valence electrons. The van der Waals surface area contributed by atoms with E-state index in [1.807, 2.05) is 20.8 Å². The largest absolute Gasteiger partial charge is 0.347 e. The molecule has 0 aromatic heterocycles. The quantitative estimate of drug-likeness (QED) is 0.611. The van der Waals surface area contributed by atoms with Crippen molar-refractivity contribution >= 4 is 11.8 Å². The molecule has 5 nitrogen and oxygen atoms in total. The van der Waals surface area contributed by atoms with Gasteiger partial charge < -0.3 is 16.0 Å². The highest BCUT2D eigenvalue weighted by Gasteiger charge is 2.20. The van der Waals surface area contributed by atoms with E-state index in [-0.39, 0.29) is 0 Å². The number of nitrogens with two attached hydrogens (primary N) is 1. The second-order valence-corrected chi connectivity index (χ2v) is 3.78. The van der Waals surface area contributed by atoms with E-state index in [0.29, 0.717) is 32.1 Å². The Balaban J connectivity index is 4.18. The molecule has 0 aromatic carbocycles. The summed E-state index contributed by atoms with van der Waals surface area (Å²) in [5.41, 5.74) is 5.23. The zero-order valence-electron chi connectivity index (χ0n) is 9.75. The van der Waals surface area contributed by atoms with Crippen LogP contribution in [0.2, 0.25) is 0 Å². The molecule has 0 bridgehead atoms. The molecule has 0 aliphatic rings. The van der Waals surface area contributed by atoms with E-state index in [4.69, 9.17) is 5.73 Å². The van der Waals surface area contributed by atoms with E-state index >= 15 is 0 Å². The SMILES string of the molecule is CCN(CC(C)C)C(=O)C(=O)NCCN. The van der Waals surface area contributed by atoms with Gasteiger partial charge in [-0.1, -0.05) is 13.8 Å². The van der Waals surface area contributed by atoms with Crippen LogP contribution in [0.1, 0.15) is 20.8 Å². The standard InChI is InChI=1S/C10H21N3O2/c1-4-13(7-8(2)3)10(15)9(14)12-6-5-11/h8H,4-7,11H2,1-3H3,(H,12,14). The third kappa shape index (κ3) is 5.37. The number of nitrogens with one attached hydrogen (secondary N) is 1. The molecule has 0 heterocycles. The first-order chi connectivity index (χ1) is 7.02. The summed E-state index contributed by atoms with van der Waals surface area (Å²) >= 11 is 0. The van der Waals surface area contributed by atoms with Gasteiger partial charge in [-0.25, -0.2) is 0 Å². The lowest BCUT2D eigenvalue weighted by Gasteiger charge is -2.22. The van der Waals surface area contributed by atoms with Crippen LogP contribution in [0.25, 0.3) is 0 Å². The van der Waals surface area contributed by atoms with Crippen molar-refractivity contribution in [2.75, 3.05) is 26.2 Å². The van der Waals surface area contributed by atoms with Gasteiger partial charge in [0.05, 0.1) is 0 Å². The van der Waals surface area contributed by atoms with Gasteiger partial charge in [0.25, 0.3) is 0 Å². The number of hydrogen-bond donors (Lipinski definition) is 2. The van der Waals surface area contributed by atoms with Crippen LogP contribution >= 0.6 is 0 Å². The molecule has 0 saturated heterocycles. The lowest BCUT2D eigenvalue weighted by Crippen LogP contribution is -2.45. The Bertz CT molecular complexity index is 217. The van der Waals surface area contributed by atoms with Crippen molar-refractivity contribution < 1.29 is 9.59 Å². The van der Waals surface area contributed by atoms with E-state index in [1.54, 1.807) is 0 Å². The molecule has 0 rings (SSSR count). The normalized spacial score (nSPS) is 10.2. The summed E-state index contributed by atoms with van der Waals surface area (Å²) < 4.78 is 0. The number of rotatable bonds is 5. The summed E-state index contributed by atoms with van der Waals surface area (Å²) in [6.45, 7) is 7.70. The van der Waals surface area contributed by atoms with Crippen molar-refractivity contribution in [3.05, 3.63) is 0 Å². The highest BCUT2D eigenvalue weighted by molar-refractivity contribution is 6.34. The molecule has 0 unspecified atom stereocenters. The molecule has 5 heteroatoms. The zero-order chi connectivity index (χ0) is 11.8. The number of hydrogen-bond acceptors (Lipinski definition) is 3. The van der Waals surface area contributed by atoms with Crippen molar-refractivity contribution in [2.24, 2.45) is 11.7 Å². The molecular formula is C10H21N3O2. The molecule has 0 saturated carbocycles. The summed E-state index contributed by atoms with van der Waals surface area (Å²) in [5, 5.41) is 2.46. The second-order valence-electron chi connectivity index (χ2n) is 3.78. The molecule has 15 heavy (non-hydrogen) atoms. The number of amides is 2. The average Bonchev–Trinajstić information content (AvgIpc) is 2.21. The Morgan fingerprint density at radius 2 is 2.00 bits per heavy atom. The van der Waals surface area contributed by atoms with Crippen LogP contribution in [0.15, 0.2) is 0 Å². The van der Waals surface area contributed by atoms with Gasteiger partial charge >= 0.3 is 11.8 Å². The van der Waals surface area contributed by atoms with Crippen LogP contribution < -0.4 is 11.1 Å². The molecule has 0 aromatic rings. The van der Waals surface area contributed by atoms with Crippen LogP contribution in [0.3, 0.4) is 0 Å². The topological polar surface area (TPSA) is 75.4 Å². The Hall–Kier alpha value is -1.10. The zero-order valence-corrected chi connectivity index (χ0v) is 9.75. The number of likely N-dealkylation sites (N-methyl/N-ethyl adjacent to an activating group) is 1. The van der Waals surface area contributed by atoms with Gasteiger partial charge in [-0.3, -0.25) is 9.59 Å². The van der Waals surface area contributed by atoms with Gasteiger partial charge in [-0.15, -0.1) is 0 Å². The Kier molecular flexibility index (Phi) is 6.70. The monoisotopic (exact) mass is 215 g/mol. The first-order valence-electron chi connectivity index (χ1n) is 5.30. The van der Waals surface area contributed by atoms with Crippen LogP contribution in [0, 0.1) is 5.92 Å². The molecule has 0 aliphatic carbocycles. The summed E-state index contributed by atoms with van der Waals surface area (Å²) in [7, 11) is 0. The smallest absolute Gasteiger partial charge is 0.311 e. The lowest BCUT2D eigenvalue weighted by molar-refractivity contribution is -0.146. The van der Waals surface area contributed by atoms with Gasteiger partial charge in [0.1, 0.15) is 0 Å². The maximum atomic E-state index is 11.6. The molecule has 0 atom stereocenters. The highest BCUT2D eigenvalue weighted by Crippen LogP contribution is 1.98. The molecule has 0 aliphatic heterocycles. The first kappa shape index (κ1) is 13.9. The Morgan fingerprint density at radius 3 is 2.40 bits per heavy atom. The molecule has 0 radical (unpaired) electrons. The van der Waals surface area contributed by atoms with E-state index < -0.39 is 11.8 Å². The van der Waals surface area contributed by atoms with Crippen molar-refractivity contribution in [3.8, 4) is 0 Å². The summed E-state index contributed by atoms with van der Waals surface area (Å²) in [6, 6.07) is 0. The van der Waals surface area contributed by atoms with E-state index in [2.05, 4.69) is 5.32 Å². The van der Waals surface area contributed by atoms with Crippen molar-refractivity contribution in [3.63, 3.8) is 0 Å². The van der Waals surface area contributed by atoms with Crippen LogP contribution in [0.5, 0.6) is 0 Å². The van der Waals surface area contributed by atoms with Gasteiger partial charge in [-0.2, -0.15) is 0 Å².